The number of hydrogen-bond acceptors (Lipinski definition) is 5. The molecule has 0 radical (unpaired) electrons. The average molecular weight is 373 g/mol. The van der Waals surface area contributed by atoms with Crippen LogP contribution in [0.25, 0.3) is 11.3 Å². The second-order valence-corrected chi connectivity index (χ2v) is 8.63. The first-order chi connectivity index (χ1) is 12.3. The number of halogens is 1. The van der Waals surface area contributed by atoms with Crippen LogP contribution in [0.5, 0.6) is 5.88 Å². The average Bonchev–Trinajstić information content (AvgIpc) is 3.04. The zero-order valence-electron chi connectivity index (χ0n) is 15.3. The summed E-state index contributed by atoms with van der Waals surface area (Å²) in [6.07, 6.45) is 2.35. The van der Waals surface area contributed by atoms with Crippen molar-refractivity contribution in [2.24, 2.45) is 17.6 Å². The molecule has 2 aromatic rings. The Morgan fingerprint density at radius 3 is 2.42 bits per heavy atom. The van der Waals surface area contributed by atoms with Gasteiger partial charge in [0.05, 0.1) is 5.69 Å². The normalized spacial score (nSPS) is 25.2. The fraction of sp³-hybridized carbons (Fsp3) is 0.450. The third kappa shape index (κ3) is 3.46. The number of pyridine rings is 1. The molecule has 4 nitrogen and oxygen atoms in total. The Kier molecular flexibility index (Phi) is 4.45. The Hall–Kier alpha value is -1.63. The number of piperidine rings is 1. The summed E-state index contributed by atoms with van der Waals surface area (Å²) in [6, 6.07) is 10.3. The van der Waals surface area contributed by atoms with Crippen molar-refractivity contribution in [3.63, 3.8) is 0 Å². The largest absolute Gasteiger partial charge is 0.474 e. The van der Waals surface area contributed by atoms with Crippen LogP contribution in [0.15, 0.2) is 36.4 Å². The van der Waals surface area contributed by atoms with Crippen LogP contribution in [0.2, 0.25) is 0 Å². The maximum absolute atomic E-state index is 13.3. The maximum atomic E-state index is 13.3. The molecule has 3 atom stereocenters. The fourth-order valence-electron chi connectivity index (χ4n) is 3.60. The van der Waals surface area contributed by atoms with E-state index in [1.165, 1.54) is 12.1 Å². The van der Waals surface area contributed by atoms with Crippen LogP contribution in [-0.4, -0.2) is 34.7 Å². The lowest BCUT2D eigenvalue weighted by molar-refractivity contribution is 0.237. The highest BCUT2D eigenvalue weighted by Gasteiger charge is 2.58. The molecule has 0 bridgehead atoms. The number of nitrogens with zero attached hydrogens (tertiary/aromatic N) is 2. The predicted octanol–water partition coefficient (Wildman–Crippen LogP) is 3.67. The molecule has 138 valence electrons. The second-order valence-electron chi connectivity index (χ2n) is 7.75. The van der Waals surface area contributed by atoms with Gasteiger partial charge >= 0.3 is 0 Å². The molecule has 1 saturated carbocycles. The Morgan fingerprint density at radius 2 is 1.85 bits per heavy atom. The third-order valence-electron chi connectivity index (χ3n) is 5.28. The molecule has 1 aliphatic heterocycles. The molecule has 2 aliphatic rings. The SMILES string of the molecule is CSN1C[C@@H]2C(Oc3cc(C(C)(C)N)cc(-c4ccc(F)cc4)n3)[C@@H]2C1. The van der Waals surface area contributed by atoms with E-state index < -0.39 is 5.54 Å². The van der Waals surface area contributed by atoms with Gasteiger partial charge in [-0.3, -0.25) is 0 Å². The Morgan fingerprint density at radius 1 is 1.19 bits per heavy atom. The monoisotopic (exact) mass is 373 g/mol. The quantitative estimate of drug-likeness (QED) is 0.811. The summed E-state index contributed by atoms with van der Waals surface area (Å²) in [5, 5.41) is 0. The van der Waals surface area contributed by atoms with Crippen molar-refractivity contribution in [2.75, 3.05) is 19.3 Å². The van der Waals surface area contributed by atoms with Gasteiger partial charge in [0, 0.05) is 42.1 Å². The van der Waals surface area contributed by atoms with Crippen LogP contribution in [0.1, 0.15) is 19.4 Å². The summed E-state index contributed by atoms with van der Waals surface area (Å²) in [6.45, 7) is 6.07. The summed E-state index contributed by atoms with van der Waals surface area (Å²) in [5.41, 5.74) is 8.38. The zero-order valence-corrected chi connectivity index (χ0v) is 16.1. The third-order valence-corrected chi connectivity index (χ3v) is 6.10. The molecule has 2 heterocycles. The molecule has 1 saturated heterocycles. The smallest absolute Gasteiger partial charge is 0.214 e. The highest BCUT2D eigenvalue weighted by molar-refractivity contribution is 7.96. The first-order valence-electron chi connectivity index (χ1n) is 8.88. The van der Waals surface area contributed by atoms with Crippen LogP contribution in [-0.2, 0) is 5.54 Å². The number of benzene rings is 1. The lowest BCUT2D eigenvalue weighted by Gasteiger charge is -2.22. The van der Waals surface area contributed by atoms with Crippen LogP contribution in [0.4, 0.5) is 4.39 Å². The molecule has 26 heavy (non-hydrogen) atoms. The summed E-state index contributed by atoms with van der Waals surface area (Å²) >= 11 is 1.80. The van der Waals surface area contributed by atoms with Gasteiger partial charge in [0.15, 0.2) is 0 Å². The molecule has 1 aromatic carbocycles. The van der Waals surface area contributed by atoms with Crippen LogP contribution < -0.4 is 10.5 Å². The Balaban J connectivity index is 1.60. The van der Waals surface area contributed by atoms with Gasteiger partial charge < -0.3 is 10.5 Å². The van der Waals surface area contributed by atoms with Crippen molar-refractivity contribution < 1.29 is 9.13 Å². The van der Waals surface area contributed by atoms with E-state index in [2.05, 4.69) is 15.5 Å². The van der Waals surface area contributed by atoms with Gasteiger partial charge in [-0.05, 0) is 56.0 Å². The topological polar surface area (TPSA) is 51.4 Å². The van der Waals surface area contributed by atoms with Crippen LogP contribution in [0.3, 0.4) is 0 Å². The van der Waals surface area contributed by atoms with Crippen molar-refractivity contribution >= 4 is 11.9 Å². The van der Waals surface area contributed by atoms with Crippen molar-refractivity contribution in [1.29, 1.82) is 0 Å². The van der Waals surface area contributed by atoms with E-state index in [0.29, 0.717) is 17.7 Å². The lowest BCUT2D eigenvalue weighted by atomic mass is 9.95. The van der Waals surface area contributed by atoms with Gasteiger partial charge in [-0.25, -0.2) is 13.7 Å². The van der Waals surface area contributed by atoms with Crippen molar-refractivity contribution in [2.45, 2.75) is 25.5 Å². The second kappa shape index (κ2) is 6.51. The van der Waals surface area contributed by atoms with Gasteiger partial charge in [0.25, 0.3) is 0 Å². The van der Waals surface area contributed by atoms with E-state index in [1.807, 2.05) is 26.0 Å². The molecule has 1 unspecified atom stereocenters. The van der Waals surface area contributed by atoms with Gasteiger partial charge in [0.1, 0.15) is 11.9 Å². The summed E-state index contributed by atoms with van der Waals surface area (Å²) in [5.74, 6) is 1.53. The minimum absolute atomic E-state index is 0.239. The van der Waals surface area contributed by atoms with Gasteiger partial charge in [-0.15, -0.1) is 0 Å². The van der Waals surface area contributed by atoms with Crippen molar-refractivity contribution in [3.05, 3.63) is 47.8 Å². The molecule has 0 spiro atoms. The van der Waals surface area contributed by atoms with E-state index in [9.17, 15) is 4.39 Å². The molecule has 1 aromatic heterocycles. The highest BCUT2D eigenvalue weighted by atomic mass is 32.2. The highest BCUT2D eigenvalue weighted by Crippen LogP contribution is 2.49. The lowest BCUT2D eigenvalue weighted by Crippen LogP contribution is -2.29. The maximum Gasteiger partial charge on any atom is 0.214 e. The number of nitrogens with two attached hydrogens (primary N) is 1. The van der Waals surface area contributed by atoms with E-state index in [-0.39, 0.29) is 11.9 Å². The number of hydrogen-bond donors (Lipinski definition) is 1. The first-order valence-corrected chi connectivity index (χ1v) is 10.1. The Bertz CT molecular complexity index is 794. The first kappa shape index (κ1) is 17.8. The molecule has 6 heteroatoms. The van der Waals surface area contributed by atoms with E-state index in [4.69, 9.17) is 10.5 Å². The predicted molar refractivity (Wildman–Crippen MR) is 103 cm³/mol. The molecule has 1 aliphatic carbocycles. The van der Waals surface area contributed by atoms with Gasteiger partial charge in [-0.1, -0.05) is 11.9 Å². The standard InChI is InChI=1S/C20H24FN3OS/c1-20(2,22)13-8-17(12-4-6-14(21)7-5-12)23-18(9-13)25-19-15-10-24(26-3)11-16(15)19/h4-9,15-16,19H,10-11,22H2,1-3H3/t15-,16+,19?. The van der Waals surface area contributed by atoms with Gasteiger partial charge in [0.2, 0.25) is 5.88 Å². The molecule has 2 N–H and O–H groups in total. The number of aromatic nitrogens is 1. The van der Waals surface area contributed by atoms with Crippen molar-refractivity contribution in [1.82, 2.24) is 9.29 Å². The number of fused-ring (bicyclic) bond motifs is 1. The Labute approximate surface area is 158 Å². The van der Waals surface area contributed by atoms with E-state index >= 15 is 0 Å². The fourth-order valence-corrected chi connectivity index (χ4v) is 4.25. The molecule has 2 fully saturated rings. The summed E-state index contributed by atoms with van der Waals surface area (Å²) < 4.78 is 21.9. The molecule has 4 rings (SSSR count). The van der Waals surface area contributed by atoms with Crippen LogP contribution in [0, 0.1) is 17.7 Å². The summed E-state index contributed by atoms with van der Waals surface area (Å²) in [4.78, 5) is 4.67. The van der Waals surface area contributed by atoms with Crippen molar-refractivity contribution in [3.8, 4) is 17.1 Å². The van der Waals surface area contributed by atoms with Gasteiger partial charge in [-0.2, -0.15) is 0 Å². The molecular weight excluding hydrogens is 349 g/mol. The number of ether oxygens (including phenoxy) is 1. The molecular formula is C20H24FN3OS. The minimum Gasteiger partial charge on any atom is -0.474 e. The number of rotatable bonds is 5. The minimum atomic E-state index is -0.509. The summed E-state index contributed by atoms with van der Waals surface area (Å²) in [7, 11) is 0. The molecule has 0 amide bonds. The van der Waals surface area contributed by atoms with E-state index in [1.54, 1.807) is 24.1 Å². The zero-order chi connectivity index (χ0) is 18.5. The van der Waals surface area contributed by atoms with E-state index in [0.717, 1.165) is 29.9 Å². The van der Waals surface area contributed by atoms with Crippen LogP contribution >= 0.6 is 11.9 Å².